The van der Waals surface area contributed by atoms with E-state index in [0.717, 1.165) is 22.6 Å². The summed E-state index contributed by atoms with van der Waals surface area (Å²) in [5, 5.41) is 6.09. The van der Waals surface area contributed by atoms with E-state index in [4.69, 9.17) is 16.3 Å². The summed E-state index contributed by atoms with van der Waals surface area (Å²) in [4.78, 5) is 26.0. The number of allylic oxidation sites excluding steroid dienone is 2. The van der Waals surface area contributed by atoms with Gasteiger partial charge in [0.1, 0.15) is 12.4 Å². The van der Waals surface area contributed by atoms with Crippen LogP contribution >= 0.6 is 11.6 Å². The van der Waals surface area contributed by atoms with Crippen molar-refractivity contribution in [2.24, 2.45) is 40.6 Å². The van der Waals surface area contributed by atoms with Crippen molar-refractivity contribution in [1.29, 1.82) is 0 Å². The van der Waals surface area contributed by atoms with Gasteiger partial charge in [-0.2, -0.15) is 10.1 Å². The molecule has 5 aliphatic rings. The van der Waals surface area contributed by atoms with E-state index in [1.165, 1.54) is 0 Å². The third kappa shape index (κ3) is 3.10. The molecule has 4 aliphatic carbocycles. The second kappa shape index (κ2) is 7.06. The highest BCUT2D eigenvalue weighted by Crippen LogP contribution is 2.65. The summed E-state index contributed by atoms with van der Waals surface area (Å²) < 4.78 is 5.86. The fourth-order valence-electron chi connectivity index (χ4n) is 5.61. The van der Waals surface area contributed by atoms with Crippen LogP contribution in [0.25, 0.3) is 0 Å². The minimum atomic E-state index is -0.225. The predicted molar refractivity (Wildman–Crippen MR) is 116 cm³/mol. The van der Waals surface area contributed by atoms with Crippen LogP contribution in [0.4, 0.5) is 0 Å². The number of carbonyl (C=O) groups is 2. The SMILES string of the molecule is O=C1[C@@H]2[C@H]3C=C[C@@H]([C@@H]4C[C@H]34)[C@@H]2C(=O)N1/N=C\c1cccc(OCc2ccc(Cl)cc2)c1. The van der Waals surface area contributed by atoms with Gasteiger partial charge in [0.25, 0.3) is 11.8 Å². The number of hydrazone groups is 1. The highest BCUT2D eigenvalue weighted by Gasteiger charge is 2.67. The molecule has 156 valence electrons. The number of ether oxygens (including phenoxy) is 1. The third-order valence-electron chi connectivity index (χ3n) is 7.14. The van der Waals surface area contributed by atoms with Gasteiger partial charge in [-0.3, -0.25) is 9.59 Å². The van der Waals surface area contributed by atoms with Gasteiger partial charge in [-0.1, -0.05) is 48.0 Å². The monoisotopic (exact) mass is 432 g/mol. The first kappa shape index (κ1) is 18.8. The van der Waals surface area contributed by atoms with Crippen LogP contribution in [0.3, 0.4) is 0 Å². The number of carbonyl (C=O) groups excluding carboxylic acids is 2. The van der Waals surface area contributed by atoms with Crippen molar-refractivity contribution in [2.75, 3.05) is 0 Å². The van der Waals surface area contributed by atoms with Crippen LogP contribution in [-0.2, 0) is 16.2 Å². The number of rotatable bonds is 5. The third-order valence-corrected chi connectivity index (χ3v) is 7.39. The van der Waals surface area contributed by atoms with E-state index in [1.807, 2.05) is 48.5 Å². The van der Waals surface area contributed by atoms with E-state index in [2.05, 4.69) is 17.3 Å². The van der Waals surface area contributed by atoms with Crippen LogP contribution in [0.5, 0.6) is 5.75 Å². The molecule has 2 aromatic carbocycles. The Hall–Kier alpha value is -2.92. The molecule has 2 amide bonds. The Bertz CT molecular complexity index is 1090. The normalized spacial score (nSPS) is 32.5. The number of halogens is 1. The summed E-state index contributed by atoms with van der Waals surface area (Å²) in [5.41, 5.74) is 1.79. The maximum Gasteiger partial charge on any atom is 0.254 e. The van der Waals surface area contributed by atoms with E-state index in [9.17, 15) is 9.59 Å². The largest absolute Gasteiger partial charge is 0.489 e. The summed E-state index contributed by atoms with van der Waals surface area (Å²) in [7, 11) is 0. The number of hydrogen-bond acceptors (Lipinski definition) is 4. The molecule has 0 N–H and O–H groups in total. The fourth-order valence-corrected chi connectivity index (χ4v) is 5.74. The Morgan fingerprint density at radius 2 is 1.68 bits per heavy atom. The molecular formula is C25H21ClN2O3. The van der Waals surface area contributed by atoms with Crippen LogP contribution in [0.15, 0.2) is 65.8 Å². The quantitative estimate of drug-likeness (QED) is 0.402. The molecule has 7 rings (SSSR count). The molecule has 3 fully saturated rings. The number of imide groups is 1. The molecule has 1 aliphatic heterocycles. The van der Waals surface area contributed by atoms with Crippen LogP contribution < -0.4 is 4.74 Å². The van der Waals surface area contributed by atoms with Gasteiger partial charge >= 0.3 is 0 Å². The Morgan fingerprint density at radius 1 is 1.00 bits per heavy atom. The summed E-state index contributed by atoms with van der Waals surface area (Å²) in [6, 6.07) is 14.9. The van der Waals surface area contributed by atoms with E-state index in [0.29, 0.717) is 29.2 Å². The van der Waals surface area contributed by atoms with Gasteiger partial charge in [-0.15, -0.1) is 0 Å². The van der Waals surface area contributed by atoms with Gasteiger partial charge in [0.05, 0.1) is 18.1 Å². The molecule has 5 nitrogen and oxygen atoms in total. The van der Waals surface area contributed by atoms with Gasteiger partial charge in [0.2, 0.25) is 0 Å². The number of nitrogens with zero attached hydrogens (tertiary/aromatic N) is 2. The van der Waals surface area contributed by atoms with Gasteiger partial charge < -0.3 is 4.74 Å². The minimum absolute atomic E-state index is 0.147. The maximum atomic E-state index is 13.0. The molecule has 1 saturated heterocycles. The van der Waals surface area contributed by atoms with Crippen molar-refractivity contribution in [1.82, 2.24) is 5.01 Å². The summed E-state index contributed by atoms with van der Waals surface area (Å²) >= 11 is 5.92. The highest BCUT2D eigenvalue weighted by atomic mass is 35.5. The lowest BCUT2D eigenvalue weighted by Crippen LogP contribution is -2.40. The molecule has 1 heterocycles. The second-order valence-corrected chi connectivity index (χ2v) is 9.31. The standard InChI is InChI=1S/C25H21ClN2O3/c26-16-6-4-14(5-7-16)13-31-17-3-1-2-15(10-17)12-27-28-24(29)22-18-8-9-19(21-11-20(18)21)23(22)25(28)30/h1-10,12,18-23H,11,13H2/b27-12-/t18-,19-,20-,21+,22-,23+/m0/s1. The zero-order valence-electron chi connectivity index (χ0n) is 16.7. The van der Waals surface area contributed by atoms with Crippen molar-refractivity contribution in [3.63, 3.8) is 0 Å². The van der Waals surface area contributed by atoms with E-state index in [-0.39, 0.29) is 35.5 Å². The van der Waals surface area contributed by atoms with Crippen LogP contribution in [0.2, 0.25) is 5.02 Å². The lowest BCUT2D eigenvalue weighted by atomic mass is 9.63. The molecule has 2 bridgehead atoms. The van der Waals surface area contributed by atoms with Crippen molar-refractivity contribution in [2.45, 2.75) is 13.0 Å². The molecule has 6 heteroatoms. The zero-order chi connectivity index (χ0) is 21.1. The minimum Gasteiger partial charge on any atom is -0.489 e. The second-order valence-electron chi connectivity index (χ2n) is 8.88. The first-order valence-electron chi connectivity index (χ1n) is 10.7. The molecule has 31 heavy (non-hydrogen) atoms. The van der Waals surface area contributed by atoms with Crippen molar-refractivity contribution < 1.29 is 14.3 Å². The van der Waals surface area contributed by atoms with Crippen molar-refractivity contribution in [3.05, 3.63) is 76.8 Å². The van der Waals surface area contributed by atoms with E-state index < -0.39 is 0 Å². The molecule has 0 unspecified atom stereocenters. The van der Waals surface area contributed by atoms with Gasteiger partial charge in [-0.25, -0.2) is 0 Å². The Balaban J connectivity index is 1.16. The Morgan fingerprint density at radius 3 is 2.35 bits per heavy atom. The Labute approximate surface area is 185 Å². The highest BCUT2D eigenvalue weighted by molar-refractivity contribution is 6.30. The number of hydrogen-bond donors (Lipinski definition) is 0. The van der Waals surface area contributed by atoms with Gasteiger partial charge in [0, 0.05) is 5.02 Å². The summed E-state index contributed by atoms with van der Waals surface area (Å²) in [5.74, 6) is 1.54. The summed E-state index contributed by atoms with van der Waals surface area (Å²) in [6.45, 7) is 0.419. The van der Waals surface area contributed by atoms with Gasteiger partial charge in [0.15, 0.2) is 0 Å². The molecule has 0 radical (unpaired) electrons. The molecule has 6 atom stereocenters. The molecule has 0 spiro atoms. The average molecular weight is 433 g/mol. The van der Waals surface area contributed by atoms with E-state index >= 15 is 0 Å². The average Bonchev–Trinajstić information content (AvgIpc) is 3.57. The lowest BCUT2D eigenvalue weighted by Gasteiger charge is -2.37. The number of amides is 2. The van der Waals surface area contributed by atoms with Crippen LogP contribution in [-0.4, -0.2) is 23.0 Å². The van der Waals surface area contributed by atoms with Gasteiger partial charge in [-0.05, 0) is 65.5 Å². The maximum absolute atomic E-state index is 13.0. The van der Waals surface area contributed by atoms with Crippen LogP contribution in [0, 0.1) is 35.5 Å². The Kier molecular flexibility index (Phi) is 4.29. The lowest BCUT2D eigenvalue weighted by molar-refractivity contribution is -0.140. The molecule has 2 saturated carbocycles. The topological polar surface area (TPSA) is 59.0 Å². The number of benzene rings is 2. The smallest absolute Gasteiger partial charge is 0.254 e. The molecular weight excluding hydrogens is 412 g/mol. The first-order chi connectivity index (χ1) is 15.1. The van der Waals surface area contributed by atoms with Crippen LogP contribution in [0.1, 0.15) is 17.5 Å². The zero-order valence-corrected chi connectivity index (χ0v) is 17.5. The van der Waals surface area contributed by atoms with E-state index in [1.54, 1.807) is 6.21 Å². The van der Waals surface area contributed by atoms with Crippen molar-refractivity contribution >= 4 is 29.6 Å². The predicted octanol–water partition coefficient (Wildman–Crippen LogP) is 4.31. The van der Waals surface area contributed by atoms with Crippen molar-refractivity contribution in [3.8, 4) is 5.75 Å². The molecule has 2 aromatic rings. The fraction of sp³-hybridized carbons (Fsp3) is 0.320. The first-order valence-corrected chi connectivity index (χ1v) is 11.1. The molecule has 0 aromatic heterocycles. The summed E-state index contributed by atoms with van der Waals surface area (Å²) in [6.07, 6.45) is 7.06.